The van der Waals surface area contributed by atoms with Crippen molar-refractivity contribution in [1.29, 1.82) is 0 Å². The predicted molar refractivity (Wildman–Crippen MR) is 99.0 cm³/mol. The first-order chi connectivity index (χ1) is 13.4. The van der Waals surface area contributed by atoms with Gasteiger partial charge in [0.15, 0.2) is 17.3 Å². The van der Waals surface area contributed by atoms with Gasteiger partial charge in [-0.1, -0.05) is 18.2 Å². The van der Waals surface area contributed by atoms with E-state index in [0.29, 0.717) is 17.7 Å². The first-order valence-electron chi connectivity index (χ1n) is 8.55. The Bertz CT molecular complexity index is 1060. The van der Waals surface area contributed by atoms with E-state index in [1.165, 1.54) is 17.2 Å². The van der Waals surface area contributed by atoms with Crippen LogP contribution in [-0.2, 0) is 4.79 Å². The molecule has 0 saturated heterocycles. The number of carbonyl (C=O) groups excluding carboxylic acids is 1. The van der Waals surface area contributed by atoms with Gasteiger partial charge < -0.3 is 15.4 Å². The molecule has 6 nitrogen and oxygen atoms in total. The maximum Gasteiger partial charge on any atom is 0.234 e. The van der Waals surface area contributed by atoms with E-state index in [1.807, 2.05) is 18.2 Å². The molecule has 2 heterocycles. The number of hydrogen-bond donors (Lipinski definition) is 1. The molecule has 1 aliphatic heterocycles. The summed E-state index contributed by atoms with van der Waals surface area (Å²) in [4.78, 5) is 22.2. The zero-order valence-electron chi connectivity index (χ0n) is 14.9. The van der Waals surface area contributed by atoms with E-state index in [1.54, 1.807) is 13.2 Å². The molecule has 1 amide bonds. The van der Waals surface area contributed by atoms with Crippen molar-refractivity contribution in [1.82, 2.24) is 14.9 Å². The molecule has 2 aromatic rings. The molecule has 0 bridgehead atoms. The van der Waals surface area contributed by atoms with Crippen LogP contribution in [0.25, 0.3) is 5.57 Å². The number of aromatic nitrogens is 2. The van der Waals surface area contributed by atoms with Crippen LogP contribution in [0.5, 0.6) is 11.5 Å². The minimum Gasteiger partial charge on any atom is -0.450 e. The summed E-state index contributed by atoms with van der Waals surface area (Å²) in [5, 5.41) is 0. The maximum absolute atomic E-state index is 14.1. The SMILES string of the molecule is CN1C=C(c2nc(N)ncc2Oc2ccc(F)cc2F)C2=CC=CCC2C1=O. The van der Waals surface area contributed by atoms with Crippen molar-refractivity contribution in [3.63, 3.8) is 0 Å². The van der Waals surface area contributed by atoms with Crippen molar-refractivity contribution in [2.75, 3.05) is 12.8 Å². The average molecular weight is 382 g/mol. The highest BCUT2D eigenvalue weighted by Crippen LogP contribution is 2.41. The molecule has 1 aromatic carbocycles. The minimum absolute atomic E-state index is 0.00545. The van der Waals surface area contributed by atoms with Gasteiger partial charge in [0.2, 0.25) is 11.9 Å². The van der Waals surface area contributed by atoms with E-state index < -0.39 is 11.6 Å². The van der Waals surface area contributed by atoms with Crippen molar-refractivity contribution in [2.45, 2.75) is 6.42 Å². The van der Waals surface area contributed by atoms with Gasteiger partial charge in [-0.2, -0.15) is 0 Å². The minimum atomic E-state index is -0.856. The standard InChI is InChI=1S/C20H16F2N4O2/c1-26-10-14(12-4-2-3-5-13(12)19(26)27)18-17(9-24-20(23)25-18)28-16-7-6-11(21)8-15(16)22/h2-4,6-10,13H,5H2,1H3,(H2,23,24,25). The molecule has 2 N–H and O–H groups in total. The van der Waals surface area contributed by atoms with E-state index in [0.717, 1.165) is 17.7 Å². The third kappa shape index (κ3) is 3.13. The van der Waals surface area contributed by atoms with Gasteiger partial charge in [-0.3, -0.25) is 4.79 Å². The van der Waals surface area contributed by atoms with Crippen LogP contribution in [0.2, 0.25) is 0 Å². The highest BCUT2D eigenvalue weighted by atomic mass is 19.1. The lowest BCUT2D eigenvalue weighted by Gasteiger charge is -2.31. The van der Waals surface area contributed by atoms with Crippen LogP contribution in [0.1, 0.15) is 12.1 Å². The fourth-order valence-electron chi connectivity index (χ4n) is 3.24. The number of ether oxygens (including phenoxy) is 1. The van der Waals surface area contributed by atoms with Gasteiger partial charge in [-0.15, -0.1) is 0 Å². The van der Waals surface area contributed by atoms with Crippen LogP contribution in [0, 0.1) is 17.6 Å². The van der Waals surface area contributed by atoms with E-state index in [-0.39, 0.29) is 29.3 Å². The number of nitrogen functional groups attached to an aromatic ring is 1. The number of benzene rings is 1. The molecule has 142 valence electrons. The zero-order valence-corrected chi connectivity index (χ0v) is 14.9. The normalized spacial score (nSPS) is 18.5. The van der Waals surface area contributed by atoms with Crippen LogP contribution < -0.4 is 10.5 Å². The summed E-state index contributed by atoms with van der Waals surface area (Å²) in [6, 6.07) is 3.00. The van der Waals surface area contributed by atoms with E-state index in [9.17, 15) is 13.6 Å². The van der Waals surface area contributed by atoms with Crippen LogP contribution in [0.3, 0.4) is 0 Å². The third-order valence-corrected chi connectivity index (χ3v) is 4.58. The number of rotatable bonds is 3. The predicted octanol–water partition coefficient (Wildman–Crippen LogP) is 3.44. The van der Waals surface area contributed by atoms with Gasteiger partial charge in [0.25, 0.3) is 0 Å². The first kappa shape index (κ1) is 17.8. The van der Waals surface area contributed by atoms with Crippen LogP contribution in [0.4, 0.5) is 14.7 Å². The second kappa shape index (κ2) is 6.88. The Labute approximate surface area is 159 Å². The third-order valence-electron chi connectivity index (χ3n) is 4.58. The molecule has 1 atom stereocenters. The monoisotopic (exact) mass is 382 g/mol. The largest absolute Gasteiger partial charge is 0.450 e. The second-order valence-electron chi connectivity index (χ2n) is 6.45. The highest BCUT2D eigenvalue weighted by Gasteiger charge is 2.34. The quantitative estimate of drug-likeness (QED) is 0.879. The molecule has 2 aliphatic rings. The molecular weight excluding hydrogens is 366 g/mol. The van der Waals surface area contributed by atoms with Crippen molar-refractivity contribution in [3.05, 3.63) is 71.7 Å². The fraction of sp³-hybridized carbons (Fsp3) is 0.150. The first-order valence-corrected chi connectivity index (χ1v) is 8.55. The Morgan fingerprint density at radius 1 is 1.29 bits per heavy atom. The van der Waals surface area contributed by atoms with Crippen molar-refractivity contribution >= 4 is 17.4 Å². The van der Waals surface area contributed by atoms with Gasteiger partial charge in [0.1, 0.15) is 11.5 Å². The summed E-state index contributed by atoms with van der Waals surface area (Å²) in [5.41, 5.74) is 7.49. The molecular formula is C20H16F2N4O2. The molecule has 0 saturated carbocycles. The Hall–Kier alpha value is -3.55. The van der Waals surface area contributed by atoms with Crippen molar-refractivity contribution < 1.29 is 18.3 Å². The summed E-state index contributed by atoms with van der Waals surface area (Å²) in [6.07, 6.45) is 9.15. The molecule has 1 unspecified atom stereocenters. The van der Waals surface area contributed by atoms with Gasteiger partial charge in [-0.05, 0) is 24.1 Å². The molecule has 0 fully saturated rings. The van der Waals surface area contributed by atoms with Crippen LogP contribution in [0.15, 0.2) is 54.4 Å². The lowest BCUT2D eigenvalue weighted by atomic mass is 9.82. The Morgan fingerprint density at radius 2 is 2.11 bits per heavy atom. The van der Waals surface area contributed by atoms with Gasteiger partial charge >= 0.3 is 0 Å². The number of hydrogen-bond acceptors (Lipinski definition) is 5. The maximum atomic E-state index is 14.1. The number of fused-ring (bicyclic) bond motifs is 1. The summed E-state index contributed by atoms with van der Waals surface area (Å²) in [7, 11) is 1.65. The highest BCUT2D eigenvalue weighted by molar-refractivity contribution is 5.96. The number of carbonyl (C=O) groups is 1. The van der Waals surface area contributed by atoms with Crippen LogP contribution in [-0.4, -0.2) is 27.8 Å². The molecule has 1 aliphatic carbocycles. The molecule has 8 heteroatoms. The van der Waals surface area contributed by atoms with Crippen molar-refractivity contribution in [3.8, 4) is 11.5 Å². The molecule has 4 rings (SSSR count). The number of allylic oxidation sites excluding steroid dienone is 4. The zero-order chi connectivity index (χ0) is 19.8. The van der Waals surface area contributed by atoms with E-state index in [4.69, 9.17) is 10.5 Å². The number of anilines is 1. The van der Waals surface area contributed by atoms with Gasteiger partial charge in [0, 0.05) is 24.9 Å². The van der Waals surface area contributed by atoms with Crippen LogP contribution >= 0.6 is 0 Å². The molecule has 1 aromatic heterocycles. The van der Waals surface area contributed by atoms with E-state index in [2.05, 4.69) is 9.97 Å². The van der Waals surface area contributed by atoms with E-state index >= 15 is 0 Å². The summed E-state index contributed by atoms with van der Waals surface area (Å²) in [6.45, 7) is 0. The molecule has 0 spiro atoms. The van der Waals surface area contributed by atoms with Gasteiger partial charge in [-0.25, -0.2) is 18.7 Å². The molecule has 0 radical (unpaired) electrons. The molecule has 28 heavy (non-hydrogen) atoms. The fourth-order valence-corrected chi connectivity index (χ4v) is 3.24. The lowest BCUT2D eigenvalue weighted by Crippen LogP contribution is -2.35. The summed E-state index contributed by atoms with van der Waals surface area (Å²) in [5.74, 6) is -1.98. The summed E-state index contributed by atoms with van der Waals surface area (Å²) < 4.78 is 32.9. The number of nitrogens with zero attached hydrogens (tertiary/aromatic N) is 3. The number of nitrogens with two attached hydrogens (primary N) is 1. The number of amides is 1. The second-order valence-corrected chi connectivity index (χ2v) is 6.45. The topological polar surface area (TPSA) is 81.3 Å². The Morgan fingerprint density at radius 3 is 2.89 bits per heavy atom. The van der Waals surface area contributed by atoms with Gasteiger partial charge in [0.05, 0.1) is 12.1 Å². The lowest BCUT2D eigenvalue weighted by molar-refractivity contribution is -0.130. The number of halogens is 2. The average Bonchev–Trinajstić information content (AvgIpc) is 2.68. The Kier molecular flexibility index (Phi) is 4.38. The smallest absolute Gasteiger partial charge is 0.234 e. The Balaban J connectivity index is 1.82. The summed E-state index contributed by atoms with van der Waals surface area (Å²) >= 11 is 0. The van der Waals surface area contributed by atoms with Crippen molar-refractivity contribution in [2.24, 2.45) is 5.92 Å².